The zero-order chi connectivity index (χ0) is 22.6. The third-order valence-electron chi connectivity index (χ3n) is 4.43. The lowest BCUT2D eigenvalue weighted by Gasteiger charge is -2.28. The number of rotatable bonds is 8. The summed E-state index contributed by atoms with van der Waals surface area (Å²) in [6, 6.07) is 9.95. The number of nitrogens with one attached hydrogen (secondary N) is 2. The maximum Gasteiger partial charge on any atom is 0.323 e. The molecule has 164 valence electrons. The molecule has 10 nitrogen and oxygen atoms in total. The van der Waals surface area contributed by atoms with E-state index in [1.54, 1.807) is 12.1 Å². The fourth-order valence-corrected chi connectivity index (χ4v) is 4.06. The molecule has 1 aliphatic heterocycles. The third-order valence-corrected chi connectivity index (χ3v) is 5.79. The summed E-state index contributed by atoms with van der Waals surface area (Å²) < 4.78 is 33.6. The van der Waals surface area contributed by atoms with E-state index in [0.29, 0.717) is 6.54 Å². The van der Waals surface area contributed by atoms with Crippen LogP contribution in [0, 0.1) is 0 Å². The van der Waals surface area contributed by atoms with E-state index in [1.165, 1.54) is 24.3 Å². The van der Waals surface area contributed by atoms with Crippen LogP contribution in [0.15, 0.2) is 47.4 Å². The number of carboxylic acids is 1. The summed E-state index contributed by atoms with van der Waals surface area (Å²) in [5, 5.41) is 11.8. The van der Waals surface area contributed by atoms with E-state index >= 15 is 0 Å². The number of carbonyl (C=O) groups is 3. The molecule has 31 heavy (non-hydrogen) atoms. The Kier molecular flexibility index (Phi) is 6.44. The predicted octanol–water partition coefficient (Wildman–Crippen LogP) is 1.44. The SMILES string of the molecule is CCCNC(=O)c1ccccc1NS(=O)(=O)c1ccc2c(c1)N(CC(=O)O)C(=O)CO2. The zero-order valence-electron chi connectivity index (χ0n) is 16.6. The van der Waals surface area contributed by atoms with Crippen molar-refractivity contribution in [3.8, 4) is 5.75 Å². The Morgan fingerprint density at radius 2 is 1.94 bits per heavy atom. The highest BCUT2D eigenvalue weighted by atomic mass is 32.2. The molecule has 0 aliphatic carbocycles. The standard InChI is InChI=1S/C20H21N3O7S/c1-2-9-21-20(27)14-5-3-4-6-15(14)22-31(28,29)13-7-8-17-16(10-13)23(11-19(25)26)18(24)12-30-17/h3-8,10,22H,2,9,11-12H2,1H3,(H,21,27)(H,25,26). The first-order valence-corrected chi connectivity index (χ1v) is 10.9. The van der Waals surface area contributed by atoms with Crippen LogP contribution < -0.4 is 19.7 Å². The Morgan fingerprint density at radius 3 is 2.65 bits per heavy atom. The van der Waals surface area contributed by atoms with Gasteiger partial charge in [-0.25, -0.2) is 8.42 Å². The second-order valence-electron chi connectivity index (χ2n) is 6.70. The quantitative estimate of drug-likeness (QED) is 0.556. The minimum absolute atomic E-state index is 0.0375. The number of amides is 2. The summed E-state index contributed by atoms with van der Waals surface area (Å²) in [4.78, 5) is 36.3. The van der Waals surface area contributed by atoms with Crippen LogP contribution in [0.5, 0.6) is 5.75 Å². The number of nitrogens with zero attached hydrogens (tertiary/aromatic N) is 1. The highest BCUT2D eigenvalue weighted by Gasteiger charge is 2.29. The number of anilines is 2. The molecule has 2 amide bonds. The maximum absolute atomic E-state index is 13.0. The Morgan fingerprint density at radius 1 is 1.19 bits per heavy atom. The molecular formula is C20H21N3O7S. The lowest BCUT2D eigenvalue weighted by molar-refractivity contribution is -0.137. The van der Waals surface area contributed by atoms with Crippen molar-refractivity contribution in [2.75, 3.05) is 29.3 Å². The molecule has 11 heteroatoms. The third kappa shape index (κ3) is 4.94. The van der Waals surface area contributed by atoms with E-state index in [0.717, 1.165) is 17.4 Å². The van der Waals surface area contributed by atoms with Gasteiger partial charge >= 0.3 is 5.97 Å². The predicted molar refractivity (Wildman–Crippen MR) is 112 cm³/mol. The molecule has 0 aromatic heterocycles. The molecule has 0 saturated carbocycles. The van der Waals surface area contributed by atoms with E-state index in [2.05, 4.69) is 10.0 Å². The number of carboxylic acid groups (broad SMARTS) is 1. The molecule has 0 radical (unpaired) electrons. The summed E-state index contributed by atoms with van der Waals surface area (Å²) in [6.45, 7) is 1.36. The normalized spacial score (nSPS) is 13.2. The number of aliphatic carboxylic acids is 1. The van der Waals surface area contributed by atoms with Gasteiger partial charge in [0.15, 0.2) is 6.61 Å². The van der Waals surface area contributed by atoms with E-state index < -0.39 is 34.4 Å². The van der Waals surface area contributed by atoms with Crippen LogP contribution >= 0.6 is 0 Å². The lowest BCUT2D eigenvalue weighted by atomic mass is 10.1. The van der Waals surface area contributed by atoms with Gasteiger partial charge in [-0.2, -0.15) is 0 Å². The van der Waals surface area contributed by atoms with Crippen LogP contribution in [0.2, 0.25) is 0 Å². The molecule has 1 heterocycles. The van der Waals surface area contributed by atoms with Gasteiger partial charge in [-0.1, -0.05) is 19.1 Å². The topological polar surface area (TPSA) is 142 Å². The number of hydrogen-bond donors (Lipinski definition) is 3. The molecule has 3 rings (SSSR count). The molecule has 0 bridgehead atoms. The van der Waals surface area contributed by atoms with Crippen molar-refractivity contribution in [2.24, 2.45) is 0 Å². The van der Waals surface area contributed by atoms with Crippen LogP contribution in [-0.2, 0) is 19.6 Å². The lowest BCUT2D eigenvalue weighted by Crippen LogP contribution is -2.42. The Hall–Kier alpha value is -3.60. The van der Waals surface area contributed by atoms with Gasteiger partial charge in [-0.15, -0.1) is 0 Å². The van der Waals surface area contributed by atoms with Gasteiger partial charge in [-0.3, -0.25) is 24.0 Å². The van der Waals surface area contributed by atoms with E-state index in [1.807, 2.05) is 6.92 Å². The monoisotopic (exact) mass is 447 g/mol. The molecule has 2 aromatic rings. The molecule has 0 saturated heterocycles. The fourth-order valence-electron chi connectivity index (χ4n) is 2.97. The second kappa shape index (κ2) is 9.04. The first-order chi connectivity index (χ1) is 14.7. The number of benzene rings is 2. The molecular weight excluding hydrogens is 426 g/mol. The Balaban J connectivity index is 1.94. The van der Waals surface area contributed by atoms with E-state index in [-0.39, 0.29) is 34.2 Å². The molecule has 3 N–H and O–H groups in total. The summed E-state index contributed by atoms with van der Waals surface area (Å²) in [5.41, 5.74) is 0.280. The summed E-state index contributed by atoms with van der Waals surface area (Å²) >= 11 is 0. The molecule has 2 aromatic carbocycles. The Bertz CT molecular complexity index is 1130. The van der Waals surface area contributed by atoms with E-state index in [4.69, 9.17) is 9.84 Å². The molecule has 0 atom stereocenters. The number of hydrogen-bond acceptors (Lipinski definition) is 6. The van der Waals surface area contributed by atoms with Crippen LogP contribution in [-0.4, -0.2) is 51.0 Å². The number of ether oxygens (including phenoxy) is 1. The number of carbonyl (C=O) groups excluding carboxylic acids is 2. The number of fused-ring (bicyclic) bond motifs is 1. The summed E-state index contributed by atoms with van der Waals surface area (Å²) in [6.07, 6.45) is 0.725. The first-order valence-electron chi connectivity index (χ1n) is 9.42. The van der Waals surface area contributed by atoms with Crippen molar-refractivity contribution in [1.29, 1.82) is 0 Å². The van der Waals surface area contributed by atoms with Gasteiger partial charge < -0.3 is 15.2 Å². The fraction of sp³-hybridized carbons (Fsp3) is 0.250. The summed E-state index contributed by atoms with van der Waals surface area (Å²) in [5.74, 6) is -2.08. The van der Waals surface area contributed by atoms with Gasteiger partial charge in [0.25, 0.3) is 21.8 Å². The first kappa shape index (κ1) is 22.1. The van der Waals surface area contributed by atoms with Crippen molar-refractivity contribution in [2.45, 2.75) is 18.2 Å². The van der Waals surface area contributed by atoms with Crippen LogP contribution in [0.25, 0.3) is 0 Å². The van der Waals surface area contributed by atoms with Gasteiger partial charge in [0.2, 0.25) is 0 Å². The van der Waals surface area contributed by atoms with Crippen molar-refractivity contribution in [1.82, 2.24) is 5.32 Å². The maximum atomic E-state index is 13.0. The van der Waals surface area contributed by atoms with Crippen molar-refractivity contribution < 1.29 is 32.6 Å². The number of para-hydroxylation sites is 1. The Labute approximate surface area is 178 Å². The number of sulfonamides is 1. The van der Waals surface area contributed by atoms with Gasteiger partial charge in [0, 0.05) is 6.54 Å². The van der Waals surface area contributed by atoms with Crippen LogP contribution in [0.1, 0.15) is 23.7 Å². The highest BCUT2D eigenvalue weighted by molar-refractivity contribution is 7.92. The average Bonchev–Trinajstić information content (AvgIpc) is 2.73. The highest BCUT2D eigenvalue weighted by Crippen LogP contribution is 2.34. The molecule has 1 aliphatic rings. The molecule has 0 spiro atoms. The van der Waals surface area contributed by atoms with Gasteiger partial charge in [-0.05, 0) is 36.8 Å². The minimum atomic E-state index is -4.16. The van der Waals surface area contributed by atoms with Gasteiger partial charge in [0.1, 0.15) is 12.3 Å². The second-order valence-corrected chi connectivity index (χ2v) is 8.38. The molecule has 0 unspecified atom stereocenters. The van der Waals surface area contributed by atoms with Crippen molar-refractivity contribution in [3.05, 3.63) is 48.0 Å². The van der Waals surface area contributed by atoms with Gasteiger partial charge in [0.05, 0.1) is 21.8 Å². The van der Waals surface area contributed by atoms with Crippen LogP contribution in [0.3, 0.4) is 0 Å². The average molecular weight is 447 g/mol. The van der Waals surface area contributed by atoms with E-state index in [9.17, 15) is 22.8 Å². The zero-order valence-corrected chi connectivity index (χ0v) is 17.4. The molecule has 0 fully saturated rings. The van der Waals surface area contributed by atoms with Crippen molar-refractivity contribution in [3.63, 3.8) is 0 Å². The smallest absolute Gasteiger partial charge is 0.323 e. The summed E-state index contributed by atoms with van der Waals surface area (Å²) in [7, 11) is -4.16. The largest absolute Gasteiger partial charge is 0.482 e. The minimum Gasteiger partial charge on any atom is -0.482 e. The van der Waals surface area contributed by atoms with Crippen LogP contribution in [0.4, 0.5) is 11.4 Å². The van der Waals surface area contributed by atoms with Crippen molar-refractivity contribution >= 4 is 39.2 Å².